The van der Waals surface area contributed by atoms with E-state index in [0.717, 1.165) is 6.42 Å². The predicted octanol–water partition coefficient (Wildman–Crippen LogP) is 0.834. The lowest BCUT2D eigenvalue weighted by Gasteiger charge is -2.12. The molecule has 0 saturated carbocycles. The second-order valence-electron chi connectivity index (χ2n) is 4.56. The molecular formula is C14H22N2O2. The van der Waals surface area contributed by atoms with Gasteiger partial charge in [-0.25, -0.2) is 0 Å². The standard InChI is InChI=1S/C14H22N2O2/c1-11(17)9-10-16-14(18)13(15)8-7-12-5-3-2-4-6-12/h2-6,11,13,17H,7-10,15H2,1H3,(H,16,18)/t11?,13-/m0/s1. The average molecular weight is 250 g/mol. The summed E-state index contributed by atoms with van der Waals surface area (Å²) in [5.74, 6) is -0.147. The molecular weight excluding hydrogens is 228 g/mol. The van der Waals surface area contributed by atoms with Crippen LogP contribution >= 0.6 is 0 Å². The molecule has 0 radical (unpaired) electrons. The third kappa shape index (κ3) is 5.80. The maximum Gasteiger partial charge on any atom is 0.236 e. The van der Waals surface area contributed by atoms with Crippen LogP contribution < -0.4 is 11.1 Å². The van der Waals surface area contributed by atoms with Gasteiger partial charge in [-0.2, -0.15) is 0 Å². The zero-order chi connectivity index (χ0) is 13.4. The number of hydrogen-bond donors (Lipinski definition) is 3. The van der Waals surface area contributed by atoms with Gasteiger partial charge in [0.05, 0.1) is 12.1 Å². The number of carbonyl (C=O) groups is 1. The molecule has 1 amide bonds. The largest absolute Gasteiger partial charge is 0.393 e. The number of aliphatic hydroxyl groups is 1. The van der Waals surface area contributed by atoms with E-state index in [1.807, 2.05) is 30.3 Å². The monoisotopic (exact) mass is 250 g/mol. The van der Waals surface area contributed by atoms with Crippen molar-refractivity contribution in [3.05, 3.63) is 35.9 Å². The summed E-state index contributed by atoms with van der Waals surface area (Å²) in [6, 6.07) is 9.48. The summed E-state index contributed by atoms with van der Waals surface area (Å²) in [6.07, 6.45) is 1.58. The Balaban J connectivity index is 2.23. The van der Waals surface area contributed by atoms with Crippen LogP contribution in [0.5, 0.6) is 0 Å². The number of nitrogens with one attached hydrogen (secondary N) is 1. The van der Waals surface area contributed by atoms with Gasteiger partial charge in [0, 0.05) is 6.54 Å². The SMILES string of the molecule is CC(O)CCNC(=O)[C@@H](N)CCc1ccccc1. The van der Waals surface area contributed by atoms with Gasteiger partial charge in [0.2, 0.25) is 5.91 Å². The Hall–Kier alpha value is -1.39. The van der Waals surface area contributed by atoms with Crippen molar-refractivity contribution in [2.75, 3.05) is 6.54 Å². The summed E-state index contributed by atoms with van der Waals surface area (Å²) < 4.78 is 0. The lowest BCUT2D eigenvalue weighted by molar-refractivity contribution is -0.122. The lowest BCUT2D eigenvalue weighted by atomic mass is 10.1. The average Bonchev–Trinajstić information content (AvgIpc) is 2.36. The Morgan fingerprint density at radius 3 is 2.61 bits per heavy atom. The zero-order valence-corrected chi connectivity index (χ0v) is 10.8. The van der Waals surface area contributed by atoms with Crippen molar-refractivity contribution < 1.29 is 9.90 Å². The van der Waals surface area contributed by atoms with Gasteiger partial charge in [-0.05, 0) is 31.7 Å². The number of amides is 1. The fourth-order valence-electron chi connectivity index (χ4n) is 1.63. The van der Waals surface area contributed by atoms with E-state index < -0.39 is 12.1 Å². The number of aliphatic hydroxyl groups excluding tert-OH is 1. The molecule has 0 aliphatic heterocycles. The highest BCUT2D eigenvalue weighted by Gasteiger charge is 2.12. The van der Waals surface area contributed by atoms with Crippen molar-refractivity contribution in [2.24, 2.45) is 5.73 Å². The van der Waals surface area contributed by atoms with Crippen LogP contribution in [-0.2, 0) is 11.2 Å². The molecule has 4 nitrogen and oxygen atoms in total. The number of aryl methyl sites for hydroxylation is 1. The van der Waals surface area contributed by atoms with E-state index in [-0.39, 0.29) is 5.91 Å². The molecule has 1 unspecified atom stereocenters. The highest BCUT2D eigenvalue weighted by molar-refractivity contribution is 5.81. The van der Waals surface area contributed by atoms with E-state index in [1.54, 1.807) is 6.92 Å². The van der Waals surface area contributed by atoms with Gasteiger partial charge in [0.25, 0.3) is 0 Å². The third-order valence-electron chi connectivity index (χ3n) is 2.78. The van der Waals surface area contributed by atoms with Gasteiger partial charge >= 0.3 is 0 Å². The van der Waals surface area contributed by atoms with Crippen LogP contribution in [0.25, 0.3) is 0 Å². The van der Waals surface area contributed by atoms with Crippen molar-refractivity contribution >= 4 is 5.91 Å². The molecule has 1 aromatic carbocycles. The Bertz CT molecular complexity index is 352. The number of nitrogens with two attached hydrogens (primary N) is 1. The quantitative estimate of drug-likeness (QED) is 0.671. The minimum absolute atomic E-state index is 0.147. The van der Waals surface area contributed by atoms with E-state index in [2.05, 4.69) is 5.32 Å². The van der Waals surface area contributed by atoms with Crippen molar-refractivity contribution in [3.8, 4) is 0 Å². The molecule has 0 aliphatic carbocycles. The molecule has 0 aliphatic rings. The maximum atomic E-state index is 11.6. The topological polar surface area (TPSA) is 75.3 Å². The molecule has 1 aromatic rings. The van der Waals surface area contributed by atoms with Crippen LogP contribution in [0.3, 0.4) is 0 Å². The molecule has 100 valence electrons. The molecule has 0 spiro atoms. The zero-order valence-electron chi connectivity index (χ0n) is 10.8. The summed E-state index contributed by atoms with van der Waals surface area (Å²) in [5.41, 5.74) is 6.99. The first kappa shape index (κ1) is 14.7. The first-order chi connectivity index (χ1) is 8.59. The first-order valence-corrected chi connectivity index (χ1v) is 6.35. The minimum Gasteiger partial charge on any atom is -0.393 e. The fraction of sp³-hybridized carbons (Fsp3) is 0.500. The summed E-state index contributed by atoms with van der Waals surface area (Å²) >= 11 is 0. The molecule has 18 heavy (non-hydrogen) atoms. The molecule has 0 aromatic heterocycles. The van der Waals surface area contributed by atoms with Crippen LogP contribution in [0.1, 0.15) is 25.3 Å². The lowest BCUT2D eigenvalue weighted by Crippen LogP contribution is -2.41. The summed E-state index contributed by atoms with van der Waals surface area (Å²) in [7, 11) is 0. The molecule has 2 atom stereocenters. The van der Waals surface area contributed by atoms with Crippen molar-refractivity contribution in [3.63, 3.8) is 0 Å². The molecule has 0 bridgehead atoms. The van der Waals surface area contributed by atoms with Gasteiger partial charge in [0.15, 0.2) is 0 Å². The number of carbonyl (C=O) groups excluding carboxylic acids is 1. The second kappa shape index (κ2) is 7.84. The highest BCUT2D eigenvalue weighted by Crippen LogP contribution is 2.04. The third-order valence-corrected chi connectivity index (χ3v) is 2.78. The van der Waals surface area contributed by atoms with E-state index >= 15 is 0 Å². The Morgan fingerprint density at radius 1 is 1.33 bits per heavy atom. The van der Waals surface area contributed by atoms with Crippen molar-refractivity contribution in [1.82, 2.24) is 5.32 Å². The van der Waals surface area contributed by atoms with Gasteiger partial charge in [-0.15, -0.1) is 0 Å². The van der Waals surface area contributed by atoms with Crippen LogP contribution in [0.4, 0.5) is 0 Å². The van der Waals surface area contributed by atoms with Crippen LogP contribution in [0.2, 0.25) is 0 Å². The molecule has 0 heterocycles. The molecule has 0 saturated heterocycles. The molecule has 0 fully saturated rings. The second-order valence-corrected chi connectivity index (χ2v) is 4.56. The van der Waals surface area contributed by atoms with Crippen molar-refractivity contribution in [2.45, 2.75) is 38.3 Å². The normalized spacial score (nSPS) is 13.9. The van der Waals surface area contributed by atoms with Crippen LogP contribution in [0.15, 0.2) is 30.3 Å². The Morgan fingerprint density at radius 2 is 2.00 bits per heavy atom. The fourth-order valence-corrected chi connectivity index (χ4v) is 1.63. The Labute approximate surface area is 108 Å². The van der Waals surface area contributed by atoms with Gasteiger partial charge < -0.3 is 16.2 Å². The molecule has 1 rings (SSSR count). The number of rotatable bonds is 7. The predicted molar refractivity (Wildman–Crippen MR) is 72.0 cm³/mol. The molecule has 4 heteroatoms. The Kier molecular flexibility index (Phi) is 6.39. The highest BCUT2D eigenvalue weighted by atomic mass is 16.3. The van der Waals surface area contributed by atoms with Crippen LogP contribution in [-0.4, -0.2) is 29.7 Å². The van der Waals surface area contributed by atoms with E-state index in [0.29, 0.717) is 19.4 Å². The number of benzene rings is 1. The first-order valence-electron chi connectivity index (χ1n) is 6.35. The smallest absolute Gasteiger partial charge is 0.236 e. The van der Waals surface area contributed by atoms with E-state index in [9.17, 15) is 4.79 Å². The summed E-state index contributed by atoms with van der Waals surface area (Å²) in [5, 5.41) is 11.8. The maximum absolute atomic E-state index is 11.6. The van der Waals surface area contributed by atoms with Gasteiger partial charge in [0.1, 0.15) is 0 Å². The summed E-state index contributed by atoms with van der Waals surface area (Å²) in [6.45, 7) is 2.16. The minimum atomic E-state index is -0.487. The van der Waals surface area contributed by atoms with E-state index in [1.165, 1.54) is 5.56 Å². The van der Waals surface area contributed by atoms with Crippen molar-refractivity contribution in [1.29, 1.82) is 0 Å². The molecule has 4 N–H and O–H groups in total. The van der Waals surface area contributed by atoms with Gasteiger partial charge in [-0.1, -0.05) is 30.3 Å². The number of hydrogen-bond acceptors (Lipinski definition) is 3. The van der Waals surface area contributed by atoms with Crippen LogP contribution in [0, 0.1) is 0 Å². The van der Waals surface area contributed by atoms with E-state index in [4.69, 9.17) is 10.8 Å². The summed E-state index contributed by atoms with van der Waals surface area (Å²) in [4.78, 5) is 11.6. The van der Waals surface area contributed by atoms with Gasteiger partial charge in [-0.3, -0.25) is 4.79 Å².